The second-order valence-corrected chi connectivity index (χ2v) is 9.67. The number of rotatable bonds is 9. The third kappa shape index (κ3) is 6.24. The summed E-state index contributed by atoms with van der Waals surface area (Å²) in [5, 5.41) is 0. The fourth-order valence-corrected chi connectivity index (χ4v) is 4.20. The molecule has 33 heavy (non-hydrogen) atoms. The highest BCUT2D eigenvalue weighted by atomic mass is 19.1. The summed E-state index contributed by atoms with van der Waals surface area (Å²) >= 11 is 0. The van der Waals surface area contributed by atoms with E-state index in [1.807, 2.05) is 41.9 Å². The highest BCUT2D eigenvalue weighted by Gasteiger charge is 2.34. The molecule has 2 N–H and O–H groups in total. The van der Waals surface area contributed by atoms with E-state index in [9.17, 15) is 13.2 Å². The summed E-state index contributed by atoms with van der Waals surface area (Å²) in [4.78, 5) is 6.94. The number of nitrogens with two attached hydrogens (primary N) is 1. The lowest BCUT2D eigenvalue weighted by Crippen LogP contribution is -2.39. The second-order valence-electron chi connectivity index (χ2n) is 9.67. The Morgan fingerprint density at radius 3 is 2.42 bits per heavy atom. The van der Waals surface area contributed by atoms with Crippen LogP contribution in [-0.4, -0.2) is 40.8 Å². The molecular weight excluding hydrogens is 425 g/mol. The maximum Gasteiger partial charge on any atom is 0.132 e. The van der Waals surface area contributed by atoms with Crippen LogP contribution in [0.1, 0.15) is 44.6 Å². The van der Waals surface area contributed by atoms with Gasteiger partial charge in [0.15, 0.2) is 0 Å². The van der Waals surface area contributed by atoms with Crippen molar-refractivity contribution in [2.24, 2.45) is 11.1 Å². The molecule has 4 nitrogen and oxygen atoms in total. The van der Waals surface area contributed by atoms with Gasteiger partial charge in [0, 0.05) is 30.9 Å². The van der Waals surface area contributed by atoms with Crippen molar-refractivity contribution in [1.29, 1.82) is 0 Å². The Morgan fingerprint density at radius 1 is 1.09 bits per heavy atom. The molecule has 1 aromatic heterocycles. The van der Waals surface area contributed by atoms with Gasteiger partial charge in [-0.2, -0.15) is 0 Å². The largest absolute Gasteiger partial charge is 0.329 e. The molecule has 3 aromatic rings. The molecule has 0 aliphatic heterocycles. The van der Waals surface area contributed by atoms with Crippen LogP contribution in [0.3, 0.4) is 0 Å². The second kappa shape index (κ2) is 10.5. The predicted molar refractivity (Wildman–Crippen MR) is 127 cm³/mol. The van der Waals surface area contributed by atoms with Gasteiger partial charge in [-0.1, -0.05) is 51.1 Å². The lowest BCUT2D eigenvalue weighted by molar-refractivity contribution is 0.111. The monoisotopic (exact) mass is 458 g/mol. The summed E-state index contributed by atoms with van der Waals surface area (Å²) in [6.45, 7) is 6.85. The van der Waals surface area contributed by atoms with Crippen LogP contribution in [0.15, 0.2) is 54.7 Å². The third-order valence-electron chi connectivity index (χ3n) is 5.76. The minimum absolute atomic E-state index is 0.123. The molecule has 0 radical (unpaired) electrons. The molecule has 0 fully saturated rings. The zero-order valence-electron chi connectivity index (χ0n) is 19.7. The first-order chi connectivity index (χ1) is 15.6. The first-order valence-corrected chi connectivity index (χ1v) is 11.2. The van der Waals surface area contributed by atoms with Crippen LogP contribution in [0.5, 0.6) is 0 Å². The zero-order chi connectivity index (χ0) is 24.2. The summed E-state index contributed by atoms with van der Waals surface area (Å²) in [5.41, 5.74) is 7.13. The molecule has 0 bridgehead atoms. The van der Waals surface area contributed by atoms with Gasteiger partial charge in [-0.15, -0.1) is 0 Å². The maximum absolute atomic E-state index is 14.6. The van der Waals surface area contributed by atoms with Gasteiger partial charge in [-0.25, -0.2) is 18.2 Å². The van der Waals surface area contributed by atoms with E-state index in [4.69, 9.17) is 10.7 Å². The number of halogens is 3. The molecule has 2 aromatic carbocycles. The molecule has 0 spiro atoms. The average Bonchev–Trinajstić information content (AvgIpc) is 3.16. The zero-order valence-corrected chi connectivity index (χ0v) is 19.7. The van der Waals surface area contributed by atoms with Crippen molar-refractivity contribution in [2.75, 3.05) is 20.3 Å². The Kier molecular flexibility index (Phi) is 7.97. The van der Waals surface area contributed by atoms with Crippen LogP contribution in [0, 0.1) is 17.0 Å². The van der Waals surface area contributed by atoms with Crippen LogP contribution in [-0.2, 0) is 6.54 Å². The topological polar surface area (TPSA) is 47.1 Å². The van der Waals surface area contributed by atoms with Crippen LogP contribution in [0.4, 0.5) is 13.2 Å². The molecule has 0 saturated carbocycles. The Hall–Kier alpha value is -2.64. The Balaban J connectivity index is 2.09. The lowest BCUT2D eigenvalue weighted by Gasteiger charge is -2.38. The number of benzene rings is 2. The van der Waals surface area contributed by atoms with Crippen molar-refractivity contribution < 1.29 is 13.2 Å². The number of hydrogen-bond acceptors (Lipinski definition) is 3. The quantitative estimate of drug-likeness (QED) is 0.455. The number of hydrogen-bond donors (Lipinski definition) is 1. The van der Waals surface area contributed by atoms with Gasteiger partial charge in [0.05, 0.1) is 11.7 Å². The third-order valence-corrected chi connectivity index (χ3v) is 5.76. The smallest absolute Gasteiger partial charge is 0.132 e. The van der Waals surface area contributed by atoms with Gasteiger partial charge in [0.2, 0.25) is 0 Å². The van der Waals surface area contributed by atoms with E-state index in [0.717, 1.165) is 23.5 Å². The van der Waals surface area contributed by atoms with Crippen molar-refractivity contribution in [3.05, 3.63) is 77.8 Å². The van der Waals surface area contributed by atoms with Gasteiger partial charge in [0.1, 0.15) is 24.1 Å². The molecule has 0 saturated heterocycles. The minimum atomic E-state index is -0.570. The fraction of sp³-hybridized carbons (Fsp3) is 0.423. The summed E-state index contributed by atoms with van der Waals surface area (Å²) in [6, 6.07) is 12.6. The van der Waals surface area contributed by atoms with E-state index >= 15 is 0 Å². The van der Waals surface area contributed by atoms with Crippen molar-refractivity contribution in [2.45, 2.75) is 45.8 Å². The SMILES string of the molecule is CN(CC[C@H](N)CF)C(c1nc(-c2cc(F)ccc2F)cn1Cc1ccccc1)C(C)(C)C. The van der Waals surface area contributed by atoms with Gasteiger partial charge >= 0.3 is 0 Å². The van der Waals surface area contributed by atoms with Gasteiger partial charge in [-0.05, 0) is 42.6 Å². The van der Waals surface area contributed by atoms with Crippen molar-refractivity contribution in [3.63, 3.8) is 0 Å². The molecular formula is C26H33F3N4. The molecule has 3 rings (SSSR count). The van der Waals surface area contributed by atoms with E-state index in [1.54, 1.807) is 6.20 Å². The van der Waals surface area contributed by atoms with E-state index in [-0.39, 0.29) is 17.0 Å². The van der Waals surface area contributed by atoms with Crippen molar-refractivity contribution in [3.8, 4) is 11.3 Å². The van der Waals surface area contributed by atoms with Gasteiger partial charge in [0.25, 0.3) is 0 Å². The van der Waals surface area contributed by atoms with E-state index in [2.05, 4.69) is 25.7 Å². The standard InChI is InChI=1S/C26H33F3N4/c1-26(2,3)24(32(4)13-12-20(30)15-27)25-31-23(21-14-19(28)10-11-22(21)29)17-33(25)16-18-8-6-5-7-9-18/h5-11,14,17,20,24H,12-13,15-16,30H2,1-4H3/t20-,24?/m0/s1. The van der Waals surface area contributed by atoms with Crippen LogP contribution >= 0.6 is 0 Å². The van der Waals surface area contributed by atoms with Crippen LogP contribution in [0.2, 0.25) is 0 Å². The van der Waals surface area contributed by atoms with Crippen LogP contribution in [0.25, 0.3) is 11.3 Å². The molecule has 1 unspecified atom stereocenters. The fourth-order valence-electron chi connectivity index (χ4n) is 4.20. The predicted octanol–water partition coefficient (Wildman–Crippen LogP) is 5.58. The molecule has 2 atom stereocenters. The molecule has 0 amide bonds. The minimum Gasteiger partial charge on any atom is -0.329 e. The summed E-state index contributed by atoms with van der Waals surface area (Å²) in [6.07, 6.45) is 2.28. The average molecular weight is 459 g/mol. The van der Waals surface area contributed by atoms with Crippen LogP contribution < -0.4 is 5.73 Å². The van der Waals surface area contributed by atoms with Gasteiger partial charge in [-0.3, -0.25) is 4.90 Å². The van der Waals surface area contributed by atoms with E-state index < -0.39 is 24.4 Å². The summed E-state index contributed by atoms with van der Waals surface area (Å²) < 4.78 is 43.4. The molecule has 0 aliphatic rings. The Bertz CT molecular complexity index is 1040. The van der Waals surface area contributed by atoms with Gasteiger partial charge < -0.3 is 10.3 Å². The highest BCUT2D eigenvalue weighted by molar-refractivity contribution is 5.59. The summed E-state index contributed by atoms with van der Waals surface area (Å²) in [5.74, 6) is -0.307. The van der Waals surface area contributed by atoms with Crippen molar-refractivity contribution >= 4 is 0 Å². The summed E-state index contributed by atoms with van der Waals surface area (Å²) in [7, 11) is 1.96. The number of imidazole rings is 1. The highest BCUT2D eigenvalue weighted by Crippen LogP contribution is 2.38. The lowest BCUT2D eigenvalue weighted by atomic mass is 9.85. The molecule has 7 heteroatoms. The Morgan fingerprint density at radius 2 is 1.79 bits per heavy atom. The van der Waals surface area contributed by atoms with E-state index in [1.165, 1.54) is 6.07 Å². The number of aromatic nitrogens is 2. The molecule has 0 aliphatic carbocycles. The first kappa shape index (κ1) is 25.0. The normalized spacial score (nSPS) is 14.0. The molecule has 178 valence electrons. The maximum atomic E-state index is 14.6. The number of nitrogens with zero attached hydrogens (tertiary/aromatic N) is 3. The van der Waals surface area contributed by atoms with Crippen molar-refractivity contribution in [1.82, 2.24) is 14.5 Å². The molecule has 1 heterocycles. The van der Waals surface area contributed by atoms with E-state index in [0.29, 0.717) is 25.2 Å². The first-order valence-electron chi connectivity index (χ1n) is 11.2. The Labute approximate surface area is 194 Å². The number of alkyl halides is 1.